The smallest absolute Gasteiger partial charge is 0.414 e. The van der Waals surface area contributed by atoms with Crippen LogP contribution in [0.5, 0.6) is 0 Å². The van der Waals surface area contributed by atoms with Crippen LogP contribution in [0.3, 0.4) is 0 Å². The topological polar surface area (TPSA) is 99.1 Å². The molecule has 9 nitrogen and oxygen atoms in total. The Morgan fingerprint density at radius 2 is 2.08 bits per heavy atom. The molecule has 0 spiro atoms. The molecule has 1 atom stereocenters. The lowest BCUT2D eigenvalue weighted by molar-refractivity contribution is 0.140. The Morgan fingerprint density at radius 3 is 2.76 bits per heavy atom. The average Bonchev–Trinajstić information content (AvgIpc) is 3.12. The van der Waals surface area contributed by atoms with Gasteiger partial charge in [0.15, 0.2) is 0 Å². The number of amides is 1. The van der Waals surface area contributed by atoms with Crippen molar-refractivity contribution in [1.29, 1.82) is 0 Å². The molecule has 3 rings (SSSR count). The summed E-state index contributed by atoms with van der Waals surface area (Å²) in [6.07, 6.45) is -1.00. The SMILES string of the molecule is COP(=O)(NC[C@H]1CN(c2ccc3c(c2)sc(=O)n3C)C(=O)O1)OC. The van der Waals surface area contributed by atoms with Gasteiger partial charge in [0.25, 0.3) is 0 Å². The van der Waals surface area contributed by atoms with E-state index in [1.54, 1.807) is 29.8 Å². The van der Waals surface area contributed by atoms with Crippen LogP contribution in [-0.4, -0.2) is 44.1 Å². The Balaban J connectivity index is 1.74. The monoisotopic (exact) mass is 387 g/mol. The summed E-state index contributed by atoms with van der Waals surface area (Å²) in [4.78, 5) is 25.3. The number of aryl methyl sites for hydroxylation is 1. The number of nitrogens with zero attached hydrogens (tertiary/aromatic N) is 2. The highest BCUT2D eigenvalue weighted by Gasteiger charge is 2.34. The Hall–Kier alpha value is -1.71. The molecule has 1 aliphatic rings. The van der Waals surface area contributed by atoms with Crippen molar-refractivity contribution < 1.29 is 23.1 Å². The van der Waals surface area contributed by atoms with Crippen LogP contribution in [0.25, 0.3) is 10.2 Å². The maximum absolute atomic E-state index is 12.1. The number of cyclic esters (lactones) is 1. The van der Waals surface area contributed by atoms with Gasteiger partial charge in [-0.2, -0.15) is 0 Å². The summed E-state index contributed by atoms with van der Waals surface area (Å²) < 4.78 is 29.2. The van der Waals surface area contributed by atoms with Crippen molar-refractivity contribution in [2.24, 2.45) is 7.05 Å². The van der Waals surface area contributed by atoms with E-state index >= 15 is 0 Å². The maximum Gasteiger partial charge on any atom is 0.414 e. The third kappa shape index (κ3) is 3.49. The van der Waals surface area contributed by atoms with Crippen LogP contribution in [0, 0.1) is 0 Å². The van der Waals surface area contributed by atoms with Crippen molar-refractivity contribution >= 4 is 41.1 Å². The summed E-state index contributed by atoms with van der Waals surface area (Å²) in [5, 5.41) is 2.64. The van der Waals surface area contributed by atoms with Gasteiger partial charge in [-0.15, -0.1) is 0 Å². The molecular formula is C14H18N3O6PS. The number of nitrogens with one attached hydrogen (secondary N) is 1. The largest absolute Gasteiger partial charge is 0.443 e. The van der Waals surface area contributed by atoms with Crippen LogP contribution in [0.2, 0.25) is 0 Å². The minimum Gasteiger partial charge on any atom is -0.443 e. The first-order chi connectivity index (χ1) is 11.9. The first kappa shape index (κ1) is 18.1. The average molecular weight is 387 g/mol. The van der Waals surface area contributed by atoms with Crippen molar-refractivity contribution in [2.45, 2.75) is 6.10 Å². The van der Waals surface area contributed by atoms with Crippen molar-refractivity contribution in [3.8, 4) is 0 Å². The van der Waals surface area contributed by atoms with Crippen LogP contribution in [-0.2, 0) is 25.4 Å². The lowest BCUT2D eigenvalue weighted by Gasteiger charge is -2.16. The molecule has 136 valence electrons. The van der Waals surface area contributed by atoms with Gasteiger partial charge in [-0.05, 0) is 18.2 Å². The summed E-state index contributed by atoms with van der Waals surface area (Å²) in [5.74, 6) is 0. The Kier molecular flexibility index (Phi) is 4.99. The normalized spacial score (nSPS) is 18.1. The minimum atomic E-state index is -3.38. The molecular weight excluding hydrogens is 369 g/mol. The molecule has 1 aromatic heterocycles. The fraction of sp³-hybridized carbons (Fsp3) is 0.429. The van der Waals surface area contributed by atoms with E-state index in [1.807, 2.05) is 0 Å². The second-order valence-electron chi connectivity index (χ2n) is 5.42. The molecule has 2 aromatic rings. The number of rotatable bonds is 6. The highest BCUT2D eigenvalue weighted by atomic mass is 32.1. The van der Waals surface area contributed by atoms with Gasteiger partial charge < -0.3 is 18.4 Å². The standard InChI is InChI=1S/C14H18N3O6PS/c1-16-11-5-4-9(6-12(11)25-14(16)19)17-8-10(23-13(17)18)7-15-24(20,21-2)22-3/h4-6,10H,7-8H2,1-3H3,(H,15,20)/t10-/m0/s1. The quantitative estimate of drug-likeness (QED) is 0.756. The lowest BCUT2D eigenvalue weighted by Crippen LogP contribution is -2.30. The molecule has 0 bridgehead atoms. The number of carbonyl (C=O) groups excluding carboxylic acids is 1. The molecule has 1 aliphatic heterocycles. The number of aromatic nitrogens is 1. The summed E-state index contributed by atoms with van der Waals surface area (Å²) in [5.41, 5.74) is 1.45. The molecule has 25 heavy (non-hydrogen) atoms. The number of thiazole rings is 1. The summed E-state index contributed by atoms with van der Waals surface area (Å²) in [7, 11) is 0.866. The zero-order valence-corrected chi connectivity index (χ0v) is 15.6. The van der Waals surface area contributed by atoms with Crippen LogP contribution in [0.15, 0.2) is 23.0 Å². The van der Waals surface area contributed by atoms with Gasteiger partial charge in [-0.1, -0.05) is 11.3 Å². The Labute approximate surface area is 147 Å². The van der Waals surface area contributed by atoms with Crippen molar-refractivity contribution in [2.75, 3.05) is 32.2 Å². The van der Waals surface area contributed by atoms with Crippen molar-refractivity contribution in [3.63, 3.8) is 0 Å². The fourth-order valence-corrected chi connectivity index (χ4v) is 4.29. The first-order valence-corrected chi connectivity index (χ1v) is 9.77. The molecule has 0 unspecified atom stereocenters. The zero-order valence-electron chi connectivity index (χ0n) is 13.9. The number of fused-ring (bicyclic) bond motifs is 1. The summed E-state index contributed by atoms with van der Waals surface area (Å²) in [6, 6.07) is 5.35. The van der Waals surface area contributed by atoms with E-state index in [-0.39, 0.29) is 18.0 Å². The van der Waals surface area contributed by atoms with E-state index in [4.69, 9.17) is 13.8 Å². The maximum atomic E-state index is 12.1. The van der Waals surface area contributed by atoms with Gasteiger partial charge >= 0.3 is 18.7 Å². The summed E-state index contributed by atoms with van der Waals surface area (Å²) >= 11 is 1.12. The Morgan fingerprint density at radius 1 is 1.36 bits per heavy atom. The Bertz CT molecular complexity index is 902. The third-order valence-electron chi connectivity index (χ3n) is 3.95. The predicted octanol–water partition coefficient (Wildman–Crippen LogP) is 1.92. The van der Waals surface area contributed by atoms with E-state index in [9.17, 15) is 14.2 Å². The number of anilines is 1. The van der Waals surface area contributed by atoms with Crippen LogP contribution in [0.4, 0.5) is 10.5 Å². The molecule has 0 aliphatic carbocycles. The molecule has 0 saturated carbocycles. The van der Waals surface area contributed by atoms with E-state index in [0.717, 1.165) is 21.6 Å². The second kappa shape index (κ2) is 6.89. The van der Waals surface area contributed by atoms with Gasteiger partial charge in [0.05, 0.1) is 16.8 Å². The molecule has 0 radical (unpaired) electrons. The van der Waals surface area contributed by atoms with E-state index < -0.39 is 19.9 Å². The molecule has 2 heterocycles. The molecule has 1 N–H and O–H groups in total. The number of hydrogen-bond donors (Lipinski definition) is 1. The first-order valence-electron chi connectivity index (χ1n) is 7.41. The van der Waals surface area contributed by atoms with Crippen LogP contribution < -0.4 is 14.9 Å². The van der Waals surface area contributed by atoms with Crippen LogP contribution >= 0.6 is 19.1 Å². The minimum absolute atomic E-state index is 0.0619. The van der Waals surface area contributed by atoms with E-state index in [2.05, 4.69) is 5.09 Å². The zero-order chi connectivity index (χ0) is 18.2. The van der Waals surface area contributed by atoms with E-state index in [0.29, 0.717) is 5.69 Å². The van der Waals surface area contributed by atoms with E-state index in [1.165, 1.54) is 19.1 Å². The van der Waals surface area contributed by atoms with Gasteiger partial charge in [-0.3, -0.25) is 9.69 Å². The lowest BCUT2D eigenvalue weighted by atomic mass is 10.2. The van der Waals surface area contributed by atoms with Gasteiger partial charge in [0.2, 0.25) is 0 Å². The number of ether oxygens (including phenoxy) is 1. The van der Waals surface area contributed by atoms with Gasteiger partial charge in [-0.25, -0.2) is 14.4 Å². The molecule has 1 saturated heterocycles. The highest BCUT2D eigenvalue weighted by Crippen LogP contribution is 2.41. The number of hydrogen-bond acceptors (Lipinski definition) is 7. The summed E-state index contributed by atoms with van der Waals surface area (Å²) in [6.45, 7) is 0.411. The molecule has 1 aromatic carbocycles. The number of carbonyl (C=O) groups is 1. The molecule has 1 amide bonds. The molecule has 1 fully saturated rings. The second-order valence-corrected chi connectivity index (χ2v) is 8.45. The van der Waals surface area contributed by atoms with Crippen LogP contribution in [0.1, 0.15) is 0 Å². The molecule has 11 heteroatoms. The van der Waals surface area contributed by atoms with Crippen molar-refractivity contribution in [3.05, 3.63) is 27.9 Å². The predicted molar refractivity (Wildman–Crippen MR) is 94.3 cm³/mol. The van der Waals surface area contributed by atoms with Gasteiger partial charge in [0, 0.05) is 33.5 Å². The highest BCUT2D eigenvalue weighted by molar-refractivity contribution is 7.51. The van der Waals surface area contributed by atoms with Gasteiger partial charge in [0.1, 0.15) is 6.10 Å². The fourth-order valence-electron chi connectivity index (χ4n) is 2.55. The third-order valence-corrected chi connectivity index (χ3v) is 6.48. The number of benzene rings is 1. The van der Waals surface area contributed by atoms with Crippen molar-refractivity contribution in [1.82, 2.24) is 9.65 Å².